The summed E-state index contributed by atoms with van der Waals surface area (Å²) in [7, 11) is 0. The zero-order valence-electron chi connectivity index (χ0n) is 14.7. The quantitative estimate of drug-likeness (QED) is 0.479. The summed E-state index contributed by atoms with van der Waals surface area (Å²) < 4.78 is 5.85. The third kappa shape index (κ3) is 4.90. The highest BCUT2D eigenvalue weighted by Gasteiger charge is 2.14. The predicted octanol–water partition coefficient (Wildman–Crippen LogP) is 3.87. The Morgan fingerprint density at radius 1 is 1.14 bits per heavy atom. The summed E-state index contributed by atoms with van der Waals surface area (Å²) in [4.78, 5) is 19.9. The first-order chi connectivity index (χ1) is 13.5. The number of aromatic nitrogens is 2. The van der Waals surface area contributed by atoms with Crippen LogP contribution in [0.15, 0.2) is 48.5 Å². The van der Waals surface area contributed by atoms with Crippen molar-refractivity contribution < 1.29 is 9.53 Å². The molecule has 0 fully saturated rings. The van der Waals surface area contributed by atoms with Gasteiger partial charge in [-0.1, -0.05) is 45.7 Å². The maximum Gasteiger partial charge on any atom is 0.235 e. The monoisotopic (exact) mass is 461 g/mol. The Morgan fingerprint density at radius 3 is 2.61 bits per heavy atom. The molecule has 0 aliphatic heterocycles. The van der Waals surface area contributed by atoms with Crippen LogP contribution in [-0.4, -0.2) is 21.2 Å². The molecule has 144 valence electrons. The molecule has 2 aromatic carbocycles. The zero-order valence-corrected chi connectivity index (χ0v) is 17.0. The van der Waals surface area contributed by atoms with Gasteiger partial charge < -0.3 is 21.5 Å². The average Bonchev–Trinajstić information content (AvgIpc) is 2.67. The lowest BCUT2D eigenvalue weighted by atomic mass is 10.0. The summed E-state index contributed by atoms with van der Waals surface area (Å²) in [6.45, 7) is 0.116. The van der Waals surface area contributed by atoms with E-state index in [1.54, 1.807) is 36.4 Å². The van der Waals surface area contributed by atoms with E-state index in [2.05, 4.69) is 31.2 Å². The van der Waals surface area contributed by atoms with Gasteiger partial charge in [0.25, 0.3) is 0 Å². The Hall–Kier alpha value is -2.84. The number of carbonyl (C=O) groups excluding carboxylic acids is 1. The van der Waals surface area contributed by atoms with Crippen LogP contribution in [0.2, 0.25) is 5.02 Å². The van der Waals surface area contributed by atoms with Crippen LogP contribution < -0.4 is 21.5 Å². The number of halogens is 2. The van der Waals surface area contributed by atoms with Gasteiger partial charge in [0.2, 0.25) is 11.9 Å². The van der Waals surface area contributed by atoms with Crippen molar-refractivity contribution in [1.82, 2.24) is 9.97 Å². The van der Waals surface area contributed by atoms with Gasteiger partial charge in [0.05, 0.1) is 11.0 Å². The van der Waals surface area contributed by atoms with Crippen LogP contribution in [0.1, 0.15) is 5.69 Å². The molecule has 28 heavy (non-hydrogen) atoms. The Labute approximate surface area is 175 Å². The number of nitrogens with two attached hydrogens (primary N) is 2. The number of nitrogens with zero attached hydrogens (tertiary/aromatic N) is 2. The van der Waals surface area contributed by atoms with Crippen molar-refractivity contribution in [2.45, 2.75) is 6.61 Å². The minimum absolute atomic E-state index is 0.0622. The minimum Gasteiger partial charge on any atom is -0.487 e. The fraction of sp³-hybridized carbons (Fsp3) is 0.105. The molecule has 0 radical (unpaired) electrons. The second kappa shape index (κ2) is 8.90. The van der Waals surface area contributed by atoms with Crippen molar-refractivity contribution in [2.24, 2.45) is 0 Å². The molecule has 0 aliphatic carbocycles. The highest BCUT2D eigenvalue weighted by Crippen LogP contribution is 2.30. The van der Waals surface area contributed by atoms with E-state index in [1.165, 1.54) is 0 Å². The van der Waals surface area contributed by atoms with Crippen LogP contribution in [0.5, 0.6) is 5.75 Å². The first-order valence-electron chi connectivity index (χ1n) is 8.22. The van der Waals surface area contributed by atoms with Crippen molar-refractivity contribution in [3.05, 3.63) is 59.2 Å². The lowest BCUT2D eigenvalue weighted by Crippen LogP contribution is -2.12. The van der Waals surface area contributed by atoms with E-state index in [-0.39, 0.29) is 29.6 Å². The molecule has 9 heteroatoms. The molecule has 7 nitrogen and oxygen atoms in total. The summed E-state index contributed by atoms with van der Waals surface area (Å²) in [6.07, 6.45) is 0. The number of hydrogen-bond acceptors (Lipinski definition) is 6. The summed E-state index contributed by atoms with van der Waals surface area (Å²) in [5, 5.41) is 3.57. The topological polar surface area (TPSA) is 116 Å². The highest BCUT2D eigenvalue weighted by atomic mass is 79.9. The van der Waals surface area contributed by atoms with Gasteiger partial charge in [-0.3, -0.25) is 4.79 Å². The first-order valence-corrected chi connectivity index (χ1v) is 9.72. The number of anilines is 3. The molecule has 0 spiro atoms. The molecule has 3 aromatic rings. The van der Waals surface area contributed by atoms with E-state index in [9.17, 15) is 4.79 Å². The summed E-state index contributed by atoms with van der Waals surface area (Å²) in [5.74, 6) is 0.725. The number of carbonyl (C=O) groups is 1. The third-order valence-corrected chi connectivity index (χ3v) is 4.54. The van der Waals surface area contributed by atoms with E-state index < -0.39 is 0 Å². The lowest BCUT2D eigenvalue weighted by molar-refractivity contribution is -0.113. The standard InChI is InChI=1S/C19H17BrClN5O2/c20-9-16(27)24-13-2-1-3-14(8-13)28-10-15-17(18(22)26-19(23)25-15)11-4-6-12(21)7-5-11/h1-8H,9-10H2,(H,24,27)(H4,22,23,25,26). The average molecular weight is 463 g/mol. The van der Waals surface area contributed by atoms with Gasteiger partial charge >= 0.3 is 0 Å². The third-order valence-electron chi connectivity index (χ3n) is 3.78. The number of alkyl halides is 1. The van der Waals surface area contributed by atoms with Gasteiger partial charge in [-0.05, 0) is 29.8 Å². The second-order valence-corrected chi connectivity index (χ2v) is 6.79. The molecular weight excluding hydrogens is 446 g/mol. The first kappa shape index (κ1) is 19.9. The molecule has 3 rings (SSSR count). The van der Waals surface area contributed by atoms with Gasteiger partial charge in [-0.25, -0.2) is 4.98 Å². The van der Waals surface area contributed by atoms with Crippen molar-refractivity contribution in [3.8, 4) is 16.9 Å². The van der Waals surface area contributed by atoms with Gasteiger partial charge in [0.15, 0.2) is 0 Å². The van der Waals surface area contributed by atoms with Crippen molar-refractivity contribution in [2.75, 3.05) is 22.1 Å². The number of benzene rings is 2. The van der Waals surface area contributed by atoms with Crippen molar-refractivity contribution in [1.29, 1.82) is 0 Å². The molecule has 0 aliphatic rings. The van der Waals surface area contributed by atoms with Crippen LogP contribution in [0.4, 0.5) is 17.5 Å². The Bertz CT molecular complexity index is 998. The molecular formula is C19H17BrClN5O2. The largest absolute Gasteiger partial charge is 0.487 e. The van der Waals surface area contributed by atoms with Crippen molar-refractivity contribution in [3.63, 3.8) is 0 Å². The number of nitrogens with one attached hydrogen (secondary N) is 1. The van der Waals surface area contributed by atoms with Crippen molar-refractivity contribution >= 4 is 50.9 Å². The van der Waals surface area contributed by atoms with Crippen LogP contribution in [0.3, 0.4) is 0 Å². The fourth-order valence-electron chi connectivity index (χ4n) is 2.59. The van der Waals surface area contributed by atoms with E-state index in [4.69, 9.17) is 27.8 Å². The molecule has 0 bridgehead atoms. The Balaban J connectivity index is 1.86. The van der Waals surface area contributed by atoms with Gasteiger partial charge in [0.1, 0.15) is 18.2 Å². The molecule has 1 aromatic heterocycles. The van der Waals surface area contributed by atoms with Crippen LogP contribution in [0.25, 0.3) is 11.1 Å². The SMILES string of the molecule is Nc1nc(N)c(-c2ccc(Cl)cc2)c(COc2cccc(NC(=O)CBr)c2)n1. The van der Waals surface area contributed by atoms with Crippen LogP contribution in [0, 0.1) is 0 Å². The van der Waals surface area contributed by atoms with Crippen LogP contribution >= 0.6 is 27.5 Å². The summed E-state index contributed by atoms with van der Waals surface area (Å²) >= 11 is 9.08. The number of hydrogen-bond donors (Lipinski definition) is 3. The van der Waals surface area contributed by atoms with Crippen LogP contribution in [-0.2, 0) is 11.4 Å². The molecule has 1 amide bonds. The lowest BCUT2D eigenvalue weighted by Gasteiger charge is -2.14. The van der Waals surface area contributed by atoms with Gasteiger partial charge in [-0.15, -0.1) is 0 Å². The van der Waals surface area contributed by atoms with E-state index in [1.807, 2.05) is 12.1 Å². The summed E-state index contributed by atoms with van der Waals surface area (Å²) in [5.41, 5.74) is 14.5. The van der Waals surface area contributed by atoms with Gasteiger partial charge in [0, 0.05) is 22.3 Å². The maximum atomic E-state index is 11.5. The number of nitrogen functional groups attached to an aromatic ring is 2. The molecule has 1 heterocycles. The van der Waals surface area contributed by atoms with E-state index in [0.29, 0.717) is 27.7 Å². The second-order valence-electron chi connectivity index (χ2n) is 5.79. The molecule has 5 N–H and O–H groups in total. The fourth-order valence-corrected chi connectivity index (χ4v) is 2.86. The summed E-state index contributed by atoms with van der Waals surface area (Å²) in [6, 6.07) is 14.2. The maximum absolute atomic E-state index is 11.5. The number of ether oxygens (including phenoxy) is 1. The molecule has 0 saturated carbocycles. The highest BCUT2D eigenvalue weighted by molar-refractivity contribution is 9.09. The molecule has 0 unspecified atom stereocenters. The zero-order chi connectivity index (χ0) is 20.1. The normalized spacial score (nSPS) is 10.5. The predicted molar refractivity (Wildman–Crippen MR) is 115 cm³/mol. The van der Waals surface area contributed by atoms with E-state index >= 15 is 0 Å². The Kier molecular flexibility index (Phi) is 6.33. The number of amides is 1. The number of rotatable bonds is 6. The van der Waals surface area contributed by atoms with Gasteiger partial charge in [-0.2, -0.15) is 4.98 Å². The molecule has 0 saturated heterocycles. The minimum atomic E-state index is -0.154. The molecule has 0 atom stereocenters. The van der Waals surface area contributed by atoms with E-state index in [0.717, 1.165) is 5.56 Å². The Morgan fingerprint density at radius 2 is 1.89 bits per heavy atom. The smallest absolute Gasteiger partial charge is 0.235 e.